The molecular formula is C18H29NO3. The number of carbonyl (C=O) groups is 1. The Bertz CT molecular complexity index is 497. The van der Waals surface area contributed by atoms with Gasteiger partial charge in [0.05, 0.1) is 6.10 Å². The van der Waals surface area contributed by atoms with Crippen LogP contribution < -0.4 is 10.1 Å². The summed E-state index contributed by atoms with van der Waals surface area (Å²) in [5, 5.41) is 2.91. The number of hydrogen-bond donors (Lipinski definition) is 1. The van der Waals surface area contributed by atoms with Gasteiger partial charge in [0, 0.05) is 12.3 Å². The topological polar surface area (TPSA) is 47.6 Å². The Morgan fingerprint density at radius 3 is 2.55 bits per heavy atom. The van der Waals surface area contributed by atoms with Crippen molar-refractivity contribution in [3.63, 3.8) is 0 Å². The third-order valence-corrected chi connectivity index (χ3v) is 3.55. The maximum atomic E-state index is 12.3. The molecule has 1 N–H and O–H groups in total. The highest BCUT2D eigenvalue weighted by atomic mass is 16.5. The van der Waals surface area contributed by atoms with Gasteiger partial charge >= 0.3 is 0 Å². The van der Waals surface area contributed by atoms with Gasteiger partial charge in [-0.15, -0.1) is 0 Å². The van der Waals surface area contributed by atoms with E-state index in [0.717, 1.165) is 29.8 Å². The molecule has 0 unspecified atom stereocenters. The molecule has 0 aliphatic heterocycles. The normalized spacial score (nSPS) is 12.8. The van der Waals surface area contributed by atoms with Gasteiger partial charge in [-0.1, -0.05) is 13.8 Å². The van der Waals surface area contributed by atoms with Crippen LogP contribution in [-0.4, -0.2) is 24.2 Å². The summed E-state index contributed by atoms with van der Waals surface area (Å²) >= 11 is 0. The zero-order valence-corrected chi connectivity index (χ0v) is 14.7. The van der Waals surface area contributed by atoms with E-state index in [1.54, 1.807) is 13.8 Å². The maximum Gasteiger partial charge on any atom is 0.256 e. The summed E-state index contributed by atoms with van der Waals surface area (Å²) in [5.41, 5.74) is 0.924. The summed E-state index contributed by atoms with van der Waals surface area (Å²) in [5.74, 6) is 0.713. The van der Waals surface area contributed by atoms with Crippen LogP contribution in [0.5, 0.6) is 5.75 Å². The molecular weight excluding hydrogens is 278 g/mol. The van der Waals surface area contributed by atoms with E-state index in [0.29, 0.717) is 6.61 Å². The van der Waals surface area contributed by atoms with Crippen molar-refractivity contribution < 1.29 is 14.3 Å². The molecule has 4 heteroatoms. The summed E-state index contributed by atoms with van der Waals surface area (Å²) in [4.78, 5) is 12.3. The molecule has 124 valence electrons. The summed E-state index contributed by atoms with van der Waals surface area (Å²) in [6, 6.07) is 5.68. The lowest BCUT2D eigenvalue weighted by atomic mass is 10.1. The first kappa shape index (κ1) is 18.5. The zero-order chi connectivity index (χ0) is 16.8. The third-order valence-electron chi connectivity index (χ3n) is 3.55. The second-order valence-corrected chi connectivity index (χ2v) is 6.13. The Balaban J connectivity index is 2.74. The molecule has 0 spiro atoms. The SMILES string of the molecule is CCCOC(C)(C)C(=O)Nc1ccc(O[C@H](C)CC)c(C)c1. The van der Waals surface area contributed by atoms with Crippen molar-refractivity contribution in [1.82, 2.24) is 0 Å². The minimum Gasteiger partial charge on any atom is -0.490 e. The summed E-state index contributed by atoms with van der Waals surface area (Å²) in [6.45, 7) is 12.3. The van der Waals surface area contributed by atoms with Crippen molar-refractivity contribution in [2.45, 2.75) is 66.1 Å². The van der Waals surface area contributed by atoms with E-state index in [-0.39, 0.29) is 12.0 Å². The Labute approximate surface area is 134 Å². The number of carbonyl (C=O) groups excluding carboxylic acids is 1. The number of nitrogens with one attached hydrogen (secondary N) is 1. The van der Waals surface area contributed by atoms with Crippen molar-refractivity contribution in [2.24, 2.45) is 0 Å². The Hall–Kier alpha value is -1.55. The molecule has 4 nitrogen and oxygen atoms in total. The van der Waals surface area contributed by atoms with Crippen LogP contribution in [0.2, 0.25) is 0 Å². The monoisotopic (exact) mass is 307 g/mol. The van der Waals surface area contributed by atoms with Gasteiger partial charge in [-0.25, -0.2) is 0 Å². The van der Waals surface area contributed by atoms with Crippen molar-refractivity contribution in [1.29, 1.82) is 0 Å². The maximum absolute atomic E-state index is 12.3. The van der Waals surface area contributed by atoms with Gasteiger partial charge < -0.3 is 14.8 Å². The van der Waals surface area contributed by atoms with Crippen LogP contribution in [0.25, 0.3) is 0 Å². The fourth-order valence-electron chi connectivity index (χ4n) is 1.86. The molecule has 1 rings (SSSR count). The minimum absolute atomic E-state index is 0.143. The van der Waals surface area contributed by atoms with Crippen LogP contribution in [0.1, 0.15) is 53.0 Å². The number of amides is 1. The molecule has 0 heterocycles. The molecule has 0 aromatic heterocycles. The number of anilines is 1. The molecule has 0 bridgehead atoms. The number of benzene rings is 1. The van der Waals surface area contributed by atoms with E-state index < -0.39 is 5.60 Å². The van der Waals surface area contributed by atoms with Gasteiger partial charge in [0.1, 0.15) is 11.4 Å². The Morgan fingerprint density at radius 1 is 1.32 bits per heavy atom. The first-order valence-electron chi connectivity index (χ1n) is 8.02. The van der Waals surface area contributed by atoms with E-state index in [1.807, 2.05) is 39.0 Å². The minimum atomic E-state index is -0.837. The van der Waals surface area contributed by atoms with Crippen molar-refractivity contribution >= 4 is 11.6 Å². The number of ether oxygens (including phenoxy) is 2. The molecule has 0 radical (unpaired) electrons. The molecule has 1 aromatic rings. The van der Waals surface area contributed by atoms with Crippen molar-refractivity contribution in [3.8, 4) is 5.75 Å². The predicted molar refractivity (Wildman–Crippen MR) is 90.5 cm³/mol. The average molecular weight is 307 g/mol. The van der Waals surface area contributed by atoms with E-state index in [2.05, 4.69) is 12.2 Å². The molecule has 0 fully saturated rings. The molecule has 0 aliphatic carbocycles. The smallest absolute Gasteiger partial charge is 0.256 e. The van der Waals surface area contributed by atoms with Crippen LogP contribution in [0, 0.1) is 6.92 Å². The fraction of sp³-hybridized carbons (Fsp3) is 0.611. The van der Waals surface area contributed by atoms with Crippen LogP contribution in [-0.2, 0) is 9.53 Å². The summed E-state index contributed by atoms with van der Waals surface area (Å²) in [6.07, 6.45) is 2.03. The largest absolute Gasteiger partial charge is 0.490 e. The highest BCUT2D eigenvalue weighted by Gasteiger charge is 2.28. The Morgan fingerprint density at radius 2 is 2.00 bits per heavy atom. The van der Waals surface area contributed by atoms with Crippen molar-refractivity contribution in [2.75, 3.05) is 11.9 Å². The lowest BCUT2D eigenvalue weighted by Crippen LogP contribution is -2.40. The van der Waals surface area contributed by atoms with Gasteiger partial charge in [0.2, 0.25) is 0 Å². The first-order valence-corrected chi connectivity index (χ1v) is 8.02. The van der Waals surface area contributed by atoms with E-state index in [9.17, 15) is 4.79 Å². The zero-order valence-electron chi connectivity index (χ0n) is 14.7. The first-order chi connectivity index (χ1) is 10.3. The number of rotatable bonds is 8. The average Bonchev–Trinajstić information content (AvgIpc) is 2.47. The number of hydrogen-bond acceptors (Lipinski definition) is 3. The van der Waals surface area contributed by atoms with Crippen LogP contribution in [0.4, 0.5) is 5.69 Å². The molecule has 0 saturated heterocycles. The fourth-order valence-corrected chi connectivity index (χ4v) is 1.86. The predicted octanol–water partition coefficient (Wildman–Crippen LogP) is 4.32. The number of aryl methyl sites for hydroxylation is 1. The van der Waals surface area contributed by atoms with Crippen molar-refractivity contribution in [3.05, 3.63) is 23.8 Å². The molecule has 1 aromatic carbocycles. The van der Waals surface area contributed by atoms with E-state index in [1.165, 1.54) is 0 Å². The highest BCUT2D eigenvalue weighted by molar-refractivity contribution is 5.96. The molecule has 1 amide bonds. The second kappa shape index (κ2) is 8.18. The lowest BCUT2D eigenvalue weighted by molar-refractivity contribution is -0.137. The van der Waals surface area contributed by atoms with Gasteiger partial charge in [-0.2, -0.15) is 0 Å². The van der Waals surface area contributed by atoms with E-state index in [4.69, 9.17) is 9.47 Å². The van der Waals surface area contributed by atoms with Crippen LogP contribution in [0.3, 0.4) is 0 Å². The highest BCUT2D eigenvalue weighted by Crippen LogP contribution is 2.24. The Kier molecular flexibility index (Phi) is 6.88. The molecule has 0 aliphatic rings. The lowest BCUT2D eigenvalue weighted by Gasteiger charge is -2.24. The molecule has 0 saturated carbocycles. The molecule has 1 atom stereocenters. The van der Waals surface area contributed by atoms with Crippen LogP contribution in [0.15, 0.2) is 18.2 Å². The standard InChI is InChI=1S/C18H29NO3/c1-7-11-21-18(5,6)17(20)19-15-9-10-16(13(3)12-15)22-14(4)8-2/h9-10,12,14H,7-8,11H2,1-6H3,(H,19,20)/t14-/m1/s1. The van der Waals surface area contributed by atoms with Crippen LogP contribution >= 0.6 is 0 Å². The molecule has 22 heavy (non-hydrogen) atoms. The van der Waals surface area contributed by atoms with Gasteiger partial charge in [-0.05, 0) is 64.3 Å². The van der Waals surface area contributed by atoms with E-state index >= 15 is 0 Å². The third kappa shape index (κ3) is 5.34. The quantitative estimate of drug-likeness (QED) is 0.778. The van der Waals surface area contributed by atoms with Gasteiger partial charge in [0.25, 0.3) is 5.91 Å². The van der Waals surface area contributed by atoms with Gasteiger partial charge in [-0.3, -0.25) is 4.79 Å². The summed E-state index contributed by atoms with van der Waals surface area (Å²) < 4.78 is 11.4. The van der Waals surface area contributed by atoms with Gasteiger partial charge in [0.15, 0.2) is 0 Å². The second-order valence-electron chi connectivity index (χ2n) is 6.13. The summed E-state index contributed by atoms with van der Waals surface area (Å²) in [7, 11) is 0.